The lowest BCUT2D eigenvalue weighted by Crippen LogP contribution is -2.27. The lowest BCUT2D eigenvalue weighted by atomic mass is 10.00. The van der Waals surface area contributed by atoms with Gasteiger partial charge in [-0.2, -0.15) is 0 Å². The average Bonchev–Trinajstić information content (AvgIpc) is 2.56. The van der Waals surface area contributed by atoms with Gasteiger partial charge in [-0.05, 0) is 37.1 Å². The molecule has 3 rings (SSSR count). The van der Waals surface area contributed by atoms with Gasteiger partial charge in [-0.3, -0.25) is 9.78 Å². The second-order valence-corrected chi connectivity index (χ2v) is 6.57. The molecule has 1 unspecified atom stereocenters. The van der Waals surface area contributed by atoms with Crippen LogP contribution in [0.1, 0.15) is 36.8 Å². The van der Waals surface area contributed by atoms with E-state index in [1.54, 1.807) is 6.07 Å². The molecule has 4 heteroatoms. The predicted octanol–water partition coefficient (Wildman–Crippen LogP) is 3.72. The number of rotatable bonds is 5. The standard InChI is InChI=1S/C20H23N3O/c1-13(2)20(18-6-4-5-9-21-18)22-12-15-11-19(24)16-10-14(3)7-8-17(16)23-15/h4-11,13,20,22H,12H2,1-3H3,(H,23,24). The first-order valence-corrected chi connectivity index (χ1v) is 8.31. The molecule has 0 aliphatic heterocycles. The summed E-state index contributed by atoms with van der Waals surface area (Å²) < 4.78 is 0. The second kappa shape index (κ2) is 6.97. The van der Waals surface area contributed by atoms with Crippen molar-refractivity contribution in [3.63, 3.8) is 0 Å². The third kappa shape index (κ3) is 3.54. The Kier molecular flexibility index (Phi) is 4.76. The van der Waals surface area contributed by atoms with Crippen molar-refractivity contribution < 1.29 is 0 Å². The smallest absolute Gasteiger partial charge is 0.189 e. The molecule has 4 nitrogen and oxygen atoms in total. The number of aromatic nitrogens is 2. The molecule has 2 heterocycles. The van der Waals surface area contributed by atoms with Crippen molar-refractivity contribution >= 4 is 10.9 Å². The number of aromatic amines is 1. The number of pyridine rings is 2. The first-order chi connectivity index (χ1) is 11.5. The number of nitrogens with zero attached hydrogens (tertiary/aromatic N) is 1. The molecule has 0 saturated carbocycles. The van der Waals surface area contributed by atoms with Gasteiger partial charge in [0.2, 0.25) is 0 Å². The Labute approximate surface area is 142 Å². The summed E-state index contributed by atoms with van der Waals surface area (Å²) >= 11 is 0. The van der Waals surface area contributed by atoms with Crippen molar-refractivity contribution in [3.8, 4) is 0 Å². The molecule has 2 N–H and O–H groups in total. The molecule has 0 bridgehead atoms. The molecule has 1 aromatic carbocycles. The molecule has 0 radical (unpaired) electrons. The van der Waals surface area contributed by atoms with Gasteiger partial charge >= 0.3 is 0 Å². The molecular formula is C20H23N3O. The maximum Gasteiger partial charge on any atom is 0.189 e. The van der Waals surface area contributed by atoms with E-state index in [9.17, 15) is 4.79 Å². The van der Waals surface area contributed by atoms with E-state index in [4.69, 9.17) is 0 Å². The fraction of sp³-hybridized carbons (Fsp3) is 0.300. The molecule has 0 fully saturated rings. The molecule has 0 aliphatic carbocycles. The van der Waals surface area contributed by atoms with Crippen LogP contribution in [0.2, 0.25) is 0 Å². The Bertz CT molecular complexity index is 884. The minimum Gasteiger partial charge on any atom is -0.357 e. The minimum atomic E-state index is 0.0585. The largest absolute Gasteiger partial charge is 0.357 e. The van der Waals surface area contributed by atoms with E-state index in [0.717, 1.165) is 27.9 Å². The molecule has 0 aliphatic rings. The van der Waals surface area contributed by atoms with Gasteiger partial charge in [0.15, 0.2) is 5.43 Å². The van der Waals surface area contributed by atoms with E-state index in [0.29, 0.717) is 12.5 Å². The predicted molar refractivity (Wildman–Crippen MR) is 98.0 cm³/mol. The summed E-state index contributed by atoms with van der Waals surface area (Å²) in [6.07, 6.45) is 1.81. The van der Waals surface area contributed by atoms with Gasteiger partial charge in [-0.15, -0.1) is 0 Å². The Morgan fingerprint density at radius 3 is 2.71 bits per heavy atom. The van der Waals surface area contributed by atoms with Crippen LogP contribution in [0, 0.1) is 12.8 Å². The van der Waals surface area contributed by atoms with Gasteiger partial charge < -0.3 is 10.3 Å². The summed E-state index contributed by atoms with van der Waals surface area (Å²) in [4.78, 5) is 20.2. The maximum absolute atomic E-state index is 12.3. The zero-order valence-electron chi connectivity index (χ0n) is 14.3. The topological polar surface area (TPSA) is 57.8 Å². The Morgan fingerprint density at radius 1 is 1.17 bits per heavy atom. The first kappa shape index (κ1) is 16.4. The number of nitrogens with one attached hydrogen (secondary N) is 2. The van der Waals surface area contributed by atoms with Crippen molar-refractivity contribution in [1.29, 1.82) is 0 Å². The molecule has 124 valence electrons. The quantitative estimate of drug-likeness (QED) is 0.753. The van der Waals surface area contributed by atoms with Crippen LogP contribution in [0.5, 0.6) is 0 Å². The second-order valence-electron chi connectivity index (χ2n) is 6.57. The van der Waals surface area contributed by atoms with Crippen LogP contribution < -0.4 is 10.7 Å². The summed E-state index contributed by atoms with van der Waals surface area (Å²) in [5, 5.41) is 4.26. The zero-order chi connectivity index (χ0) is 17.1. The summed E-state index contributed by atoms with van der Waals surface area (Å²) in [6, 6.07) is 13.7. The number of fused-ring (bicyclic) bond motifs is 1. The number of aryl methyl sites for hydroxylation is 1. The van der Waals surface area contributed by atoms with Crippen LogP contribution in [0.3, 0.4) is 0 Å². The van der Waals surface area contributed by atoms with Crippen LogP contribution in [0.25, 0.3) is 10.9 Å². The van der Waals surface area contributed by atoms with E-state index in [1.165, 1.54) is 0 Å². The van der Waals surface area contributed by atoms with E-state index >= 15 is 0 Å². The number of H-pyrrole nitrogens is 1. The first-order valence-electron chi connectivity index (χ1n) is 8.31. The highest BCUT2D eigenvalue weighted by Crippen LogP contribution is 2.20. The van der Waals surface area contributed by atoms with Crippen LogP contribution >= 0.6 is 0 Å². The summed E-state index contributed by atoms with van der Waals surface area (Å²) in [5.74, 6) is 0.398. The Balaban J connectivity index is 1.84. The third-order valence-corrected chi connectivity index (χ3v) is 4.23. The van der Waals surface area contributed by atoms with Crippen molar-refractivity contribution in [1.82, 2.24) is 15.3 Å². The van der Waals surface area contributed by atoms with Crippen molar-refractivity contribution in [3.05, 3.63) is 75.8 Å². The fourth-order valence-corrected chi connectivity index (χ4v) is 2.97. The monoisotopic (exact) mass is 321 g/mol. The third-order valence-electron chi connectivity index (χ3n) is 4.23. The van der Waals surface area contributed by atoms with Gasteiger partial charge in [-0.25, -0.2) is 0 Å². The molecule has 2 aromatic heterocycles. The average molecular weight is 321 g/mol. The molecule has 0 saturated heterocycles. The van der Waals surface area contributed by atoms with Crippen molar-refractivity contribution in [2.75, 3.05) is 0 Å². The number of benzene rings is 1. The molecule has 0 amide bonds. The minimum absolute atomic E-state index is 0.0585. The lowest BCUT2D eigenvalue weighted by Gasteiger charge is -2.22. The SMILES string of the molecule is Cc1ccc2[nH]c(CNC(c3ccccn3)C(C)C)cc(=O)c2c1. The molecule has 24 heavy (non-hydrogen) atoms. The Hall–Kier alpha value is -2.46. The highest BCUT2D eigenvalue weighted by atomic mass is 16.1. The number of hydrogen-bond acceptors (Lipinski definition) is 3. The highest BCUT2D eigenvalue weighted by molar-refractivity contribution is 5.79. The van der Waals surface area contributed by atoms with E-state index in [2.05, 4.69) is 29.1 Å². The molecular weight excluding hydrogens is 298 g/mol. The summed E-state index contributed by atoms with van der Waals surface area (Å²) in [6.45, 7) is 6.92. The zero-order valence-corrected chi connectivity index (χ0v) is 14.3. The van der Waals surface area contributed by atoms with Crippen molar-refractivity contribution in [2.45, 2.75) is 33.4 Å². The molecule has 1 atom stereocenters. The van der Waals surface area contributed by atoms with Crippen LogP contribution in [-0.2, 0) is 6.54 Å². The van der Waals surface area contributed by atoms with Gasteiger partial charge in [-0.1, -0.05) is 31.5 Å². The molecule has 0 spiro atoms. The number of hydrogen-bond donors (Lipinski definition) is 2. The van der Waals surface area contributed by atoms with E-state index in [1.807, 2.05) is 49.5 Å². The summed E-state index contributed by atoms with van der Waals surface area (Å²) in [7, 11) is 0. The fourth-order valence-electron chi connectivity index (χ4n) is 2.97. The van der Waals surface area contributed by atoms with Crippen LogP contribution in [0.15, 0.2) is 53.5 Å². The van der Waals surface area contributed by atoms with Gasteiger partial charge in [0.25, 0.3) is 0 Å². The highest BCUT2D eigenvalue weighted by Gasteiger charge is 2.16. The maximum atomic E-state index is 12.3. The van der Waals surface area contributed by atoms with E-state index < -0.39 is 0 Å². The lowest BCUT2D eigenvalue weighted by molar-refractivity contribution is 0.400. The van der Waals surface area contributed by atoms with Crippen LogP contribution in [-0.4, -0.2) is 9.97 Å². The van der Waals surface area contributed by atoms with E-state index in [-0.39, 0.29) is 11.5 Å². The van der Waals surface area contributed by atoms with Gasteiger partial charge in [0.1, 0.15) is 0 Å². The van der Waals surface area contributed by atoms with Crippen LogP contribution in [0.4, 0.5) is 0 Å². The normalized spacial score (nSPS) is 12.7. The summed E-state index contributed by atoms with van der Waals surface area (Å²) in [5.41, 5.74) is 3.94. The Morgan fingerprint density at radius 2 is 2.00 bits per heavy atom. The van der Waals surface area contributed by atoms with Gasteiger partial charge in [0, 0.05) is 35.4 Å². The van der Waals surface area contributed by atoms with Crippen molar-refractivity contribution in [2.24, 2.45) is 5.92 Å². The van der Waals surface area contributed by atoms with Gasteiger partial charge in [0.05, 0.1) is 11.7 Å². The molecule has 3 aromatic rings.